The van der Waals surface area contributed by atoms with E-state index in [1.807, 2.05) is 13.1 Å². The van der Waals surface area contributed by atoms with Crippen LogP contribution < -0.4 is 0 Å². The zero-order valence-electron chi connectivity index (χ0n) is 10.3. The molecule has 0 saturated heterocycles. The van der Waals surface area contributed by atoms with E-state index >= 15 is 0 Å². The van der Waals surface area contributed by atoms with Crippen LogP contribution in [0.3, 0.4) is 0 Å². The van der Waals surface area contributed by atoms with Crippen LogP contribution in [0.25, 0.3) is 11.1 Å². The van der Waals surface area contributed by atoms with Gasteiger partial charge in [-0.2, -0.15) is 5.10 Å². The Balaban J connectivity index is 2.49. The fourth-order valence-corrected chi connectivity index (χ4v) is 1.79. The van der Waals surface area contributed by atoms with Gasteiger partial charge >= 0.3 is 0 Å². The van der Waals surface area contributed by atoms with Gasteiger partial charge in [0.15, 0.2) is 0 Å². The lowest BCUT2D eigenvalue weighted by atomic mass is 9.85. The number of aryl methyl sites for hydroxylation is 1. The number of nitrogens with zero attached hydrogens (tertiary/aromatic N) is 1. The molecule has 0 amide bonds. The van der Waals surface area contributed by atoms with Crippen LogP contribution >= 0.6 is 0 Å². The number of hydrogen-bond donors (Lipinski definition) is 1. The number of H-pyrrole nitrogens is 1. The van der Waals surface area contributed by atoms with E-state index in [2.05, 4.69) is 55.2 Å². The van der Waals surface area contributed by atoms with Crippen molar-refractivity contribution in [1.29, 1.82) is 0 Å². The largest absolute Gasteiger partial charge is 0.282 e. The van der Waals surface area contributed by atoms with Crippen LogP contribution in [0.4, 0.5) is 0 Å². The number of rotatable bonds is 1. The molecule has 0 radical (unpaired) electrons. The number of aromatic amines is 1. The molecule has 0 atom stereocenters. The minimum absolute atomic E-state index is 0.188. The predicted molar refractivity (Wildman–Crippen MR) is 67.5 cm³/mol. The van der Waals surface area contributed by atoms with Crippen LogP contribution in [-0.2, 0) is 5.41 Å². The van der Waals surface area contributed by atoms with Crippen LogP contribution in [0.5, 0.6) is 0 Å². The molecule has 0 saturated carbocycles. The predicted octanol–water partition coefficient (Wildman–Crippen LogP) is 3.68. The molecule has 84 valence electrons. The van der Waals surface area contributed by atoms with Crippen molar-refractivity contribution < 1.29 is 0 Å². The van der Waals surface area contributed by atoms with Crippen molar-refractivity contribution in [2.75, 3.05) is 0 Å². The van der Waals surface area contributed by atoms with E-state index in [0.717, 1.165) is 5.69 Å². The maximum atomic E-state index is 4.06. The first kappa shape index (κ1) is 10.9. The Hall–Kier alpha value is -1.57. The molecule has 1 aromatic heterocycles. The van der Waals surface area contributed by atoms with E-state index in [4.69, 9.17) is 0 Å². The van der Waals surface area contributed by atoms with Crippen molar-refractivity contribution in [1.82, 2.24) is 10.2 Å². The third-order valence-corrected chi connectivity index (χ3v) is 2.87. The van der Waals surface area contributed by atoms with E-state index in [1.165, 1.54) is 16.7 Å². The summed E-state index contributed by atoms with van der Waals surface area (Å²) in [6, 6.07) is 8.67. The molecule has 0 fully saturated rings. The van der Waals surface area contributed by atoms with Crippen LogP contribution in [-0.4, -0.2) is 10.2 Å². The van der Waals surface area contributed by atoms with Gasteiger partial charge in [-0.1, -0.05) is 45.0 Å². The van der Waals surface area contributed by atoms with Crippen molar-refractivity contribution in [2.24, 2.45) is 0 Å². The van der Waals surface area contributed by atoms with Gasteiger partial charge in [0.2, 0.25) is 0 Å². The van der Waals surface area contributed by atoms with E-state index in [-0.39, 0.29) is 5.41 Å². The molecule has 0 unspecified atom stereocenters. The molecule has 0 aliphatic carbocycles. The molecule has 1 N–H and O–H groups in total. The summed E-state index contributed by atoms with van der Waals surface area (Å²) in [6.45, 7) is 8.74. The van der Waals surface area contributed by atoms with Gasteiger partial charge in [0.1, 0.15) is 0 Å². The van der Waals surface area contributed by atoms with Gasteiger partial charge in [-0.05, 0) is 23.5 Å². The molecule has 1 aromatic carbocycles. The highest BCUT2D eigenvalue weighted by Gasteiger charge is 2.14. The molecule has 2 heteroatoms. The number of hydrogen-bond acceptors (Lipinski definition) is 1. The topological polar surface area (TPSA) is 28.7 Å². The average molecular weight is 214 g/mol. The van der Waals surface area contributed by atoms with E-state index in [0.29, 0.717) is 0 Å². The van der Waals surface area contributed by atoms with Crippen molar-refractivity contribution in [3.8, 4) is 11.1 Å². The molecule has 16 heavy (non-hydrogen) atoms. The summed E-state index contributed by atoms with van der Waals surface area (Å²) < 4.78 is 0. The maximum Gasteiger partial charge on any atom is 0.0568 e. The summed E-state index contributed by atoms with van der Waals surface area (Å²) in [5.74, 6) is 0. The van der Waals surface area contributed by atoms with Crippen molar-refractivity contribution in [3.05, 3.63) is 41.7 Å². The van der Waals surface area contributed by atoms with Crippen molar-refractivity contribution in [2.45, 2.75) is 33.1 Å². The molecule has 0 bridgehead atoms. The summed E-state index contributed by atoms with van der Waals surface area (Å²) >= 11 is 0. The molecular weight excluding hydrogens is 196 g/mol. The van der Waals surface area contributed by atoms with Gasteiger partial charge in [-0.15, -0.1) is 0 Å². The standard InChI is InChI=1S/C14H18N2/c1-10-13(9-15-16-10)11-6-5-7-12(8-11)14(2,3)4/h5-9H,1-4H3,(H,15,16). The second-order valence-corrected chi connectivity index (χ2v) is 5.24. The minimum Gasteiger partial charge on any atom is -0.282 e. The Morgan fingerprint density at radius 2 is 1.94 bits per heavy atom. The Labute approximate surface area is 96.7 Å². The van der Waals surface area contributed by atoms with E-state index < -0.39 is 0 Å². The highest BCUT2D eigenvalue weighted by atomic mass is 15.1. The lowest BCUT2D eigenvalue weighted by molar-refractivity contribution is 0.590. The fraction of sp³-hybridized carbons (Fsp3) is 0.357. The second kappa shape index (κ2) is 3.78. The average Bonchev–Trinajstić information content (AvgIpc) is 2.63. The first-order chi connectivity index (χ1) is 7.48. The van der Waals surface area contributed by atoms with E-state index in [1.54, 1.807) is 0 Å². The highest BCUT2D eigenvalue weighted by Crippen LogP contribution is 2.28. The molecule has 1 heterocycles. The van der Waals surface area contributed by atoms with E-state index in [9.17, 15) is 0 Å². The summed E-state index contributed by atoms with van der Waals surface area (Å²) in [4.78, 5) is 0. The third-order valence-electron chi connectivity index (χ3n) is 2.87. The van der Waals surface area contributed by atoms with Gasteiger partial charge < -0.3 is 0 Å². The smallest absolute Gasteiger partial charge is 0.0568 e. The molecule has 0 spiro atoms. The summed E-state index contributed by atoms with van der Waals surface area (Å²) in [5, 5.41) is 7.04. The van der Waals surface area contributed by atoms with Crippen LogP contribution in [0.2, 0.25) is 0 Å². The monoisotopic (exact) mass is 214 g/mol. The second-order valence-electron chi connectivity index (χ2n) is 5.24. The van der Waals surface area contributed by atoms with Gasteiger partial charge in [0.05, 0.1) is 6.20 Å². The van der Waals surface area contributed by atoms with Crippen LogP contribution in [0.15, 0.2) is 30.5 Å². The van der Waals surface area contributed by atoms with Crippen molar-refractivity contribution >= 4 is 0 Å². The van der Waals surface area contributed by atoms with Gasteiger partial charge in [0.25, 0.3) is 0 Å². The van der Waals surface area contributed by atoms with Crippen molar-refractivity contribution in [3.63, 3.8) is 0 Å². The summed E-state index contributed by atoms with van der Waals surface area (Å²) in [6.07, 6.45) is 1.89. The normalized spacial score (nSPS) is 11.8. The highest BCUT2D eigenvalue weighted by molar-refractivity contribution is 5.65. The van der Waals surface area contributed by atoms with Gasteiger partial charge in [0, 0.05) is 11.3 Å². The summed E-state index contributed by atoms with van der Waals surface area (Å²) in [7, 11) is 0. The lowest BCUT2D eigenvalue weighted by Crippen LogP contribution is -2.10. The lowest BCUT2D eigenvalue weighted by Gasteiger charge is -2.19. The Bertz CT molecular complexity index is 489. The Morgan fingerprint density at radius 1 is 1.19 bits per heavy atom. The molecule has 0 aliphatic heterocycles. The maximum absolute atomic E-state index is 4.06. The van der Waals surface area contributed by atoms with Gasteiger partial charge in [-0.25, -0.2) is 0 Å². The van der Waals surface area contributed by atoms with Crippen LogP contribution in [0, 0.1) is 6.92 Å². The minimum atomic E-state index is 0.188. The summed E-state index contributed by atoms with van der Waals surface area (Å²) in [5.41, 5.74) is 5.08. The number of benzene rings is 1. The first-order valence-corrected chi connectivity index (χ1v) is 5.59. The molecular formula is C14H18N2. The number of nitrogens with one attached hydrogen (secondary N) is 1. The van der Waals surface area contributed by atoms with Crippen LogP contribution in [0.1, 0.15) is 32.0 Å². The zero-order valence-corrected chi connectivity index (χ0v) is 10.3. The molecule has 2 aromatic rings. The fourth-order valence-electron chi connectivity index (χ4n) is 1.79. The molecule has 2 nitrogen and oxygen atoms in total. The third kappa shape index (κ3) is 2.01. The quantitative estimate of drug-likeness (QED) is 0.770. The molecule has 0 aliphatic rings. The number of aromatic nitrogens is 2. The Morgan fingerprint density at radius 3 is 2.50 bits per heavy atom. The van der Waals surface area contributed by atoms with Gasteiger partial charge in [-0.3, -0.25) is 5.10 Å². The Kier molecular flexibility index (Phi) is 2.58. The zero-order chi connectivity index (χ0) is 11.8. The molecule has 2 rings (SSSR count). The first-order valence-electron chi connectivity index (χ1n) is 5.59. The SMILES string of the molecule is Cc1[nH]ncc1-c1cccc(C(C)(C)C)c1.